The Morgan fingerprint density at radius 1 is 1.47 bits per heavy atom. The standard InChI is InChI=1S/C12H11F2NO2S2/c13-8-2-1-3-9(4-8)16-11(14)7-19-6-10-5-15-12(18)17-10/h1-5,11H,6-7H2,(H,15,18). The second-order valence-electron chi connectivity index (χ2n) is 3.64. The SMILES string of the molecule is Fc1cccc(OC(F)CSCc2c[nH]c(=S)o2)c1. The summed E-state index contributed by atoms with van der Waals surface area (Å²) in [5.41, 5.74) is 0. The molecule has 1 aromatic carbocycles. The average Bonchev–Trinajstić information content (AvgIpc) is 2.75. The Morgan fingerprint density at radius 3 is 3.00 bits per heavy atom. The molecule has 0 spiro atoms. The number of aromatic amines is 1. The fraction of sp³-hybridized carbons (Fsp3) is 0.250. The number of alkyl halides is 1. The van der Waals surface area contributed by atoms with Crippen LogP contribution in [-0.4, -0.2) is 17.1 Å². The van der Waals surface area contributed by atoms with Gasteiger partial charge in [0.25, 0.3) is 4.84 Å². The molecule has 102 valence electrons. The predicted molar refractivity (Wildman–Crippen MR) is 72.0 cm³/mol. The van der Waals surface area contributed by atoms with E-state index in [1.54, 1.807) is 6.20 Å². The first-order chi connectivity index (χ1) is 9.13. The molecule has 0 amide bonds. The number of nitrogens with one attached hydrogen (secondary N) is 1. The van der Waals surface area contributed by atoms with Crippen molar-refractivity contribution in [2.45, 2.75) is 12.1 Å². The fourth-order valence-electron chi connectivity index (χ4n) is 1.36. The predicted octanol–water partition coefficient (Wildman–Crippen LogP) is 4.08. The lowest BCUT2D eigenvalue weighted by Crippen LogP contribution is -2.13. The van der Waals surface area contributed by atoms with Crippen molar-refractivity contribution in [2.24, 2.45) is 0 Å². The molecule has 0 saturated carbocycles. The smallest absolute Gasteiger partial charge is 0.266 e. The second-order valence-corrected chi connectivity index (χ2v) is 5.05. The Bertz CT molecular complexity index is 585. The van der Waals surface area contributed by atoms with Crippen molar-refractivity contribution in [3.63, 3.8) is 0 Å². The highest BCUT2D eigenvalue weighted by Crippen LogP contribution is 2.18. The van der Waals surface area contributed by atoms with Gasteiger partial charge in [0.1, 0.15) is 17.3 Å². The molecule has 19 heavy (non-hydrogen) atoms. The molecule has 0 aliphatic carbocycles. The van der Waals surface area contributed by atoms with Gasteiger partial charge in [0, 0.05) is 12.3 Å². The van der Waals surface area contributed by atoms with Crippen molar-refractivity contribution in [2.75, 3.05) is 5.75 Å². The van der Waals surface area contributed by atoms with Gasteiger partial charge in [0.2, 0.25) is 6.36 Å². The van der Waals surface area contributed by atoms with Gasteiger partial charge in [-0.05, 0) is 24.4 Å². The van der Waals surface area contributed by atoms with Crippen LogP contribution in [0.5, 0.6) is 5.75 Å². The van der Waals surface area contributed by atoms with Crippen LogP contribution in [0.2, 0.25) is 0 Å². The monoisotopic (exact) mass is 303 g/mol. The Labute approximate surface area is 118 Å². The highest BCUT2D eigenvalue weighted by Gasteiger charge is 2.09. The van der Waals surface area contributed by atoms with E-state index in [4.69, 9.17) is 21.4 Å². The van der Waals surface area contributed by atoms with Crippen LogP contribution in [-0.2, 0) is 5.75 Å². The van der Waals surface area contributed by atoms with Crippen LogP contribution in [0, 0.1) is 10.7 Å². The van der Waals surface area contributed by atoms with Crippen LogP contribution < -0.4 is 4.74 Å². The summed E-state index contributed by atoms with van der Waals surface area (Å²) in [5.74, 6) is 0.964. The zero-order valence-corrected chi connectivity index (χ0v) is 11.4. The lowest BCUT2D eigenvalue weighted by atomic mass is 10.3. The minimum Gasteiger partial charge on any atom is -0.459 e. The largest absolute Gasteiger partial charge is 0.459 e. The fourth-order valence-corrected chi connectivity index (χ4v) is 2.24. The van der Waals surface area contributed by atoms with Gasteiger partial charge in [-0.1, -0.05) is 6.07 Å². The summed E-state index contributed by atoms with van der Waals surface area (Å²) < 4.78 is 36.4. The first kappa shape index (κ1) is 14.1. The van der Waals surface area contributed by atoms with E-state index in [-0.39, 0.29) is 11.5 Å². The molecule has 1 atom stereocenters. The van der Waals surface area contributed by atoms with Gasteiger partial charge in [0.05, 0.1) is 11.5 Å². The van der Waals surface area contributed by atoms with Gasteiger partial charge in [0.15, 0.2) is 0 Å². The number of aromatic nitrogens is 1. The summed E-state index contributed by atoms with van der Waals surface area (Å²) in [7, 11) is 0. The van der Waals surface area contributed by atoms with E-state index >= 15 is 0 Å². The molecule has 2 rings (SSSR count). The lowest BCUT2D eigenvalue weighted by Gasteiger charge is -2.10. The third-order valence-corrected chi connectivity index (χ3v) is 3.32. The van der Waals surface area contributed by atoms with Gasteiger partial charge in [-0.3, -0.25) is 0 Å². The van der Waals surface area contributed by atoms with E-state index in [0.717, 1.165) is 6.07 Å². The summed E-state index contributed by atoms with van der Waals surface area (Å²) in [4.78, 5) is 3.02. The van der Waals surface area contributed by atoms with Crippen LogP contribution in [0.1, 0.15) is 5.76 Å². The van der Waals surface area contributed by atoms with E-state index in [2.05, 4.69) is 4.98 Å². The normalized spacial score (nSPS) is 12.3. The van der Waals surface area contributed by atoms with Crippen molar-refractivity contribution in [1.29, 1.82) is 0 Å². The lowest BCUT2D eigenvalue weighted by molar-refractivity contribution is 0.0902. The number of hydrogen-bond donors (Lipinski definition) is 1. The van der Waals surface area contributed by atoms with E-state index in [1.165, 1.54) is 30.0 Å². The molecule has 1 unspecified atom stereocenters. The minimum absolute atomic E-state index is 0.115. The van der Waals surface area contributed by atoms with Gasteiger partial charge in [-0.2, -0.15) is 0 Å². The second kappa shape index (κ2) is 6.72. The maximum Gasteiger partial charge on any atom is 0.266 e. The van der Waals surface area contributed by atoms with Crippen LogP contribution in [0.4, 0.5) is 8.78 Å². The van der Waals surface area contributed by atoms with Crippen molar-refractivity contribution in [3.05, 3.63) is 46.9 Å². The molecule has 2 aromatic rings. The molecule has 7 heteroatoms. The van der Waals surface area contributed by atoms with Crippen molar-refractivity contribution in [1.82, 2.24) is 4.98 Å². The Hall–Kier alpha value is -1.34. The Kier molecular flexibility index (Phi) is 4.98. The Balaban J connectivity index is 1.75. The number of halogens is 2. The summed E-state index contributed by atoms with van der Waals surface area (Å²) in [5, 5.41) is 0. The highest BCUT2D eigenvalue weighted by molar-refractivity contribution is 7.98. The number of rotatable bonds is 6. The van der Waals surface area contributed by atoms with Crippen LogP contribution >= 0.6 is 24.0 Å². The number of ether oxygens (including phenoxy) is 1. The molecule has 0 bridgehead atoms. The van der Waals surface area contributed by atoms with E-state index in [9.17, 15) is 8.78 Å². The average molecular weight is 303 g/mol. The summed E-state index contributed by atoms with van der Waals surface area (Å²) in [6.07, 6.45) is 0.129. The molecule has 3 nitrogen and oxygen atoms in total. The molecule has 0 radical (unpaired) electrons. The first-order valence-electron chi connectivity index (χ1n) is 5.45. The molecular weight excluding hydrogens is 292 g/mol. The Morgan fingerprint density at radius 2 is 2.32 bits per heavy atom. The quantitative estimate of drug-likeness (QED) is 0.816. The molecule has 0 saturated heterocycles. The van der Waals surface area contributed by atoms with E-state index in [0.29, 0.717) is 16.4 Å². The topological polar surface area (TPSA) is 38.2 Å². The molecule has 1 heterocycles. The van der Waals surface area contributed by atoms with Gasteiger partial charge in [-0.15, -0.1) is 11.8 Å². The molecule has 1 aromatic heterocycles. The van der Waals surface area contributed by atoms with E-state index in [1.807, 2.05) is 0 Å². The molecule has 0 aliphatic heterocycles. The molecule has 0 fully saturated rings. The van der Waals surface area contributed by atoms with E-state index < -0.39 is 12.2 Å². The maximum atomic E-state index is 13.5. The number of thioether (sulfide) groups is 1. The summed E-state index contributed by atoms with van der Waals surface area (Å²) in [6, 6.07) is 5.39. The number of oxazole rings is 1. The number of H-pyrrole nitrogens is 1. The van der Waals surface area contributed by atoms with Gasteiger partial charge < -0.3 is 14.1 Å². The van der Waals surface area contributed by atoms with Gasteiger partial charge in [-0.25, -0.2) is 8.78 Å². The van der Waals surface area contributed by atoms with Crippen LogP contribution in [0.3, 0.4) is 0 Å². The van der Waals surface area contributed by atoms with Crippen LogP contribution in [0.15, 0.2) is 34.9 Å². The van der Waals surface area contributed by atoms with Crippen molar-refractivity contribution in [3.8, 4) is 5.75 Å². The summed E-state index contributed by atoms with van der Waals surface area (Å²) in [6.45, 7) is 0. The van der Waals surface area contributed by atoms with Crippen LogP contribution in [0.25, 0.3) is 0 Å². The van der Waals surface area contributed by atoms with Crippen molar-refractivity contribution < 1.29 is 17.9 Å². The molecule has 0 aliphatic rings. The summed E-state index contributed by atoms with van der Waals surface area (Å²) >= 11 is 6.07. The zero-order chi connectivity index (χ0) is 13.7. The number of benzene rings is 1. The third-order valence-electron chi connectivity index (χ3n) is 2.13. The van der Waals surface area contributed by atoms with Crippen molar-refractivity contribution >= 4 is 24.0 Å². The first-order valence-corrected chi connectivity index (χ1v) is 7.01. The maximum absolute atomic E-state index is 13.5. The zero-order valence-electron chi connectivity index (χ0n) is 9.77. The van der Waals surface area contributed by atoms with Gasteiger partial charge >= 0.3 is 0 Å². The highest BCUT2D eigenvalue weighted by atomic mass is 32.2. The molecule has 1 N–H and O–H groups in total. The number of hydrogen-bond acceptors (Lipinski definition) is 4. The minimum atomic E-state index is -1.51. The molecular formula is C12H11F2NO2S2. The third kappa shape index (κ3) is 4.68.